The van der Waals surface area contributed by atoms with Crippen LogP contribution in [0.5, 0.6) is 11.5 Å². The number of benzene rings is 1. The van der Waals surface area contributed by atoms with E-state index >= 15 is 0 Å². The molecule has 0 radical (unpaired) electrons. The van der Waals surface area contributed by atoms with E-state index in [2.05, 4.69) is 21.3 Å². The molecule has 132 valence electrons. The van der Waals surface area contributed by atoms with Crippen molar-refractivity contribution in [2.45, 2.75) is 39.2 Å². The third-order valence-corrected chi connectivity index (χ3v) is 5.34. The third kappa shape index (κ3) is 3.45. The van der Waals surface area contributed by atoms with Crippen molar-refractivity contribution in [1.29, 1.82) is 0 Å². The number of rotatable bonds is 5. The number of likely N-dealkylation sites (tertiary alicyclic amines) is 1. The zero-order valence-corrected chi connectivity index (χ0v) is 15.1. The van der Waals surface area contributed by atoms with E-state index in [1.54, 1.807) is 7.11 Å². The van der Waals surface area contributed by atoms with Gasteiger partial charge < -0.3 is 19.7 Å². The van der Waals surface area contributed by atoms with E-state index in [0.717, 1.165) is 42.7 Å². The highest BCUT2D eigenvalue weighted by molar-refractivity contribution is 5.80. The SMILES string of the molecule is CCOc1cc(CNC(=NC)N2CCC3(CCC3)C2)ccc1OC. The van der Waals surface area contributed by atoms with Gasteiger partial charge in [0.2, 0.25) is 0 Å². The van der Waals surface area contributed by atoms with Gasteiger partial charge in [0.1, 0.15) is 0 Å². The van der Waals surface area contributed by atoms with Gasteiger partial charge in [-0.25, -0.2) is 0 Å². The van der Waals surface area contributed by atoms with E-state index in [4.69, 9.17) is 9.47 Å². The molecule has 0 unspecified atom stereocenters. The fraction of sp³-hybridized carbons (Fsp3) is 0.632. The lowest BCUT2D eigenvalue weighted by atomic mass is 9.68. The molecule has 0 atom stereocenters. The van der Waals surface area contributed by atoms with Crippen LogP contribution in [0.3, 0.4) is 0 Å². The van der Waals surface area contributed by atoms with Crippen molar-refractivity contribution in [3.8, 4) is 11.5 Å². The predicted octanol–water partition coefficient (Wildman–Crippen LogP) is 3.05. The minimum atomic E-state index is 0.583. The second-order valence-corrected chi connectivity index (χ2v) is 6.84. The van der Waals surface area contributed by atoms with E-state index < -0.39 is 0 Å². The van der Waals surface area contributed by atoms with Gasteiger partial charge >= 0.3 is 0 Å². The monoisotopic (exact) mass is 331 g/mol. The second-order valence-electron chi connectivity index (χ2n) is 6.84. The molecule has 5 heteroatoms. The minimum absolute atomic E-state index is 0.583. The average Bonchev–Trinajstić information content (AvgIpc) is 3.02. The molecule has 1 aromatic carbocycles. The Morgan fingerprint density at radius 2 is 2.12 bits per heavy atom. The topological polar surface area (TPSA) is 46.1 Å². The smallest absolute Gasteiger partial charge is 0.193 e. The van der Waals surface area contributed by atoms with Crippen LogP contribution in [0.2, 0.25) is 0 Å². The lowest BCUT2D eigenvalue weighted by molar-refractivity contribution is 0.151. The summed E-state index contributed by atoms with van der Waals surface area (Å²) in [5.41, 5.74) is 1.75. The standard InChI is InChI=1S/C19H29N3O2/c1-4-24-17-12-15(6-7-16(17)23-3)13-21-18(20-2)22-11-10-19(14-22)8-5-9-19/h6-7,12H,4-5,8-11,13-14H2,1-3H3,(H,20,21). The maximum absolute atomic E-state index is 5.66. The minimum Gasteiger partial charge on any atom is -0.493 e. The molecule has 1 aliphatic carbocycles. The zero-order valence-electron chi connectivity index (χ0n) is 15.1. The van der Waals surface area contributed by atoms with Crippen LogP contribution in [0, 0.1) is 5.41 Å². The van der Waals surface area contributed by atoms with Crippen molar-refractivity contribution in [3.63, 3.8) is 0 Å². The summed E-state index contributed by atoms with van der Waals surface area (Å²) in [6, 6.07) is 6.07. The Bertz CT molecular complexity index is 596. The van der Waals surface area contributed by atoms with Crippen molar-refractivity contribution < 1.29 is 9.47 Å². The van der Waals surface area contributed by atoms with Gasteiger partial charge in [0.05, 0.1) is 13.7 Å². The van der Waals surface area contributed by atoms with Gasteiger partial charge in [-0.15, -0.1) is 0 Å². The third-order valence-electron chi connectivity index (χ3n) is 5.34. The number of hydrogen-bond donors (Lipinski definition) is 1. The summed E-state index contributed by atoms with van der Waals surface area (Å²) in [6.07, 6.45) is 5.48. The number of aliphatic imine (C=N–C) groups is 1. The van der Waals surface area contributed by atoms with Crippen LogP contribution in [0.1, 0.15) is 38.2 Å². The van der Waals surface area contributed by atoms with Crippen molar-refractivity contribution in [2.24, 2.45) is 10.4 Å². The first kappa shape index (κ1) is 16.9. The number of ether oxygens (including phenoxy) is 2. The van der Waals surface area contributed by atoms with Crippen LogP contribution in [-0.4, -0.2) is 44.7 Å². The Kier molecular flexibility index (Phi) is 5.17. The van der Waals surface area contributed by atoms with E-state index in [9.17, 15) is 0 Å². The van der Waals surface area contributed by atoms with Gasteiger partial charge in [-0.05, 0) is 49.3 Å². The summed E-state index contributed by atoms with van der Waals surface area (Å²) in [7, 11) is 3.54. The molecule has 1 saturated heterocycles. The fourth-order valence-corrected chi connectivity index (χ4v) is 3.81. The van der Waals surface area contributed by atoms with Crippen LogP contribution in [0.25, 0.3) is 0 Å². The van der Waals surface area contributed by atoms with Crippen LogP contribution in [0.4, 0.5) is 0 Å². The number of methoxy groups -OCH3 is 1. The Balaban J connectivity index is 1.60. The summed E-state index contributed by atoms with van der Waals surface area (Å²) in [5, 5.41) is 3.50. The quantitative estimate of drug-likeness (QED) is 0.665. The Morgan fingerprint density at radius 1 is 1.29 bits per heavy atom. The molecular weight excluding hydrogens is 302 g/mol. The normalized spacial score (nSPS) is 19.3. The summed E-state index contributed by atoms with van der Waals surface area (Å²) >= 11 is 0. The molecule has 1 heterocycles. The van der Waals surface area contributed by atoms with Gasteiger partial charge in [-0.3, -0.25) is 4.99 Å². The molecule has 1 aliphatic heterocycles. The van der Waals surface area contributed by atoms with Crippen LogP contribution in [-0.2, 0) is 6.54 Å². The number of nitrogens with one attached hydrogen (secondary N) is 1. The summed E-state index contributed by atoms with van der Waals surface area (Å²) < 4.78 is 11.0. The lowest BCUT2D eigenvalue weighted by Crippen LogP contribution is -2.42. The lowest BCUT2D eigenvalue weighted by Gasteiger charge is -2.38. The highest BCUT2D eigenvalue weighted by atomic mass is 16.5. The molecular formula is C19H29N3O2. The van der Waals surface area contributed by atoms with Crippen molar-refractivity contribution >= 4 is 5.96 Å². The molecule has 1 spiro atoms. The molecule has 1 aromatic rings. The number of hydrogen-bond acceptors (Lipinski definition) is 3. The molecule has 2 fully saturated rings. The number of guanidine groups is 1. The van der Waals surface area contributed by atoms with E-state index in [1.807, 2.05) is 26.1 Å². The van der Waals surface area contributed by atoms with Gasteiger partial charge in [0.25, 0.3) is 0 Å². The van der Waals surface area contributed by atoms with Gasteiger partial charge in [0, 0.05) is 26.7 Å². The molecule has 0 aromatic heterocycles. The zero-order chi connectivity index (χ0) is 17.0. The molecule has 1 N–H and O–H groups in total. The Hall–Kier alpha value is -1.91. The van der Waals surface area contributed by atoms with E-state index in [-0.39, 0.29) is 0 Å². The average molecular weight is 331 g/mol. The van der Waals surface area contributed by atoms with Crippen LogP contribution < -0.4 is 14.8 Å². The fourth-order valence-electron chi connectivity index (χ4n) is 3.81. The van der Waals surface area contributed by atoms with Crippen molar-refractivity contribution in [2.75, 3.05) is 33.9 Å². The summed E-state index contributed by atoms with van der Waals surface area (Å²) in [6.45, 7) is 5.62. The summed E-state index contributed by atoms with van der Waals surface area (Å²) in [5.74, 6) is 2.58. The molecule has 24 heavy (non-hydrogen) atoms. The first-order valence-corrected chi connectivity index (χ1v) is 8.95. The molecule has 3 rings (SSSR count). The summed E-state index contributed by atoms with van der Waals surface area (Å²) in [4.78, 5) is 6.89. The number of nitrogens with zero attached hydrogens (tertiary/aromatic N) is 2. The Labute approximate surface area is 145 Å². The Morgan fingerprint density at radius 3 is 2.71 bits per heavy atom. The second kappa shape index (κ2) is 7.32. The van der Waals surface area contributed by atoms with Crippen molar-refractivity contribution in [1.82, 2.24) is 10.2 Å². The maximum Gasteiger partial charge on any atom is 0.193 e. The van der Waals surface area contributed by atoms with Gasteiger partial charge in [0.15, 0.2) is 17.5 Å². The van der Waals surface area contributed by atoms with E-state index in [1.165, 1.54) is 25.7 Å². The predicted molar refractivity (Wildman–Crippen MR) is 96.8 cm³/mol. The van der Waals surface area contributed by atoms with E-state index in [0.29, 0.717) is 12.0 Å². The molecule has 2 aliphatic rings. The van der Waals surface area contributed by atoms with Crippen molar-refractivity contribution in [3.05, 3.63) is 23.8 Å². The molecule has 0 amide bonds. The highest BCUT2D eigenvalue weighted by Crippen LogP contribution is 2.47. The first-order chi connectivity index (χ1) is 11.7. The molecule has 1 saturated carbocycles. The molecule has 5 nitrogen and oxygen atoms in total. The first-order valence-electron chi connectivity index (χ1n) is 8.95. The maximum atomic E-state index is 5.66. The largest absolute Gasteiger partial charge is 0.493 e. The van der Waals surface area contributed by atoms with Gasteiger partial charge in [-0.2, -0.15) is 0 Å². The van der Waals surface area contributed by atoms with Crippen LogP contribution in [0.15, 0.2) is 23.2 Å². The highest BCUT2D eigenvalue weighted by Gasteiger charge is 2.43. The molecule has 0 bridgehead atoms. The van der Waals surface area contributed by atoms with Crippen LogP contribution >= 0.6 is 0 Å². The van der Waals surface area contributed by atoms with Gasteiger partial charge in [-0.1, -0.05) is 12.5 Å².